The molecule has 18 heavy (non-hydrogen) atoms. The van der Waals surface area contributed by atoms with E-state index in [1.807, 2.05) is 0 Å². The summed E-state index contributed by atoms with van der Waals surface area (Å²) in [7, 11) is 0. The minimum Gasteiger partial charge on any atom is -0.479 e. The number of aliphatic hydroxyl groups excluding tert-OH is 3. The van der Waals surface area contributed by atoms with Gasteiger partial charge in [-0.25, -0.2) is 9.59 Å². The lowest BCUT2D eigenvalue weighted by molar-refractivity contribution is -0.301. The third-order valence-corrected chi connectivity index (χ3v) is 2.50. The van der Waals surface area contributed by atoms with Crippen LogP contribution in [0.2, 0.25) is 0 Å². The fourth-order valence-electron chi connectivity index (χ4n) is 1.42. The molecule has 9 nitrogen and oxygen atoms in total. The van der Waals surface area contributed by atoms with Crippen molar-refractivity contribution in [3.05, 3.63) is 0 Å². The molecule has 5 N–H and O–H groups in total. The number of carboxylic acids is 2. The second kappa shape index (κ2) is 5.59. The highest BCUT2D eigenvalue weighted by molar-refractivity contribution is 5.73. The second-order valence-electron chi connectivity index (χ2n) is 3.85. The molecule has 1 aliphatic rings. The van der Waals surface area contributed by atoms with E-state index in [9.17, 15) is 24.9 Å². The Bertz CT molecular complexity index is 330. The number of hydrogen-bond donors (Lipinski definition) is 5. The van der Waals surface area contributed by atoms with Crippen LogP contribution >= 0.6 is 0 Å². The lowest BCUT2D eigenvalue weighted by Gasteiger charge is -2.38. The van der Waals surface area contributed by atoms with Gasteiger partial charge in [0.1, 0.15) is 18.3 Å². The van der Waals surface area contributed by atoms with E-state index in [1.54, 1.807) is 0 Å². The first-order valence-electron chi connectivity index (χ1n) is 5.06. The number of ether oxygens (including phenoxy) is 2. The molecule has 0 saturated carbocycles. The van der Waals surface area contributed by atoms with Crippen molar-refractivity contribution in [1.29, 1.82) is 0 Å². The molecule has 0 aromatic rings. The molecule has 0 aliphatic carbocycles. The van der Waals surface area contributed by atoms with Crippen LogP contribution in [0.25, 0.3) is 0 Å². The minimum atomic E-state index is -1.84. The molecule has 1 heterocycles. The summed E-state index contributed by atoms with van der Waals surface area (Å²) in [5, 5.41) is 45.6. The van der Waals surface area contributed by atoms with E-state index in [0.29, 0.717) is 0 Å². The Labute approximate surface area is 101 Å². The molecule has 1 fully saturated rings. The maximum Gasteiger partial charge on any atom is 0.335 e. The molecule has 0 spiro atoms. The van der Waals surface area contributed by atoms with E-state index in [0.717, 1.165) is 6.92 Å². The maximum atomic E-state index is 10.7. The van der Waals surface area contributed by atoms with Crippen molar-refractivity contribution in [2.45, 2.75) is 43.7 Å². The van der Waals surface area contributed by atoms with Crippen LogP contribution in [0, 0.1) is 0 Å². The largest absolute Gasteiger partial charge is 0.479 e. The summed E-state index contributed by atoms with van der Waals surface area (Å²) in [5.74, 6) is -2.91. The Morgan fingerprint density at radius 2 is 1.67 bits per heavy atom. The van der Waals surface area contributed by atoms with Crippen molar-refractivity contribution in [3.8, 4) is 0 Å². The molecule has 1 saturated heterocycles. The number of rotatable bonds is 4. The lowest BCUT2D eigenvalue weighted by Crippen LogP contribution is -2.61. The van der Waals surface area contributed by atoms with Crippen LogP contribution in [0.15, 0.2) is 0 Å². The van der Waals surface area contributed by atoms with Gasteiger partial charge in [-0.1, -0.05) is 0 Å². The number of hydrogen-bond acceptors (Lipinski definition) is 7. The summed E-state index contributed by atoms with van der Waals surface area (Å²) < 4.78 is 9.48. The van der Waals surface area contributed by atoms with Gasteiger partial charge in [0.2, 0.25) is 0 Å². The molecule has 104 valence electrons. The molecular formula is C9H14O9. The van der Waals surface area contributed by atoms with Gasteiger partial charge in [-0.3, -0.25) is 0 Å². The molecule has 1 aliphatic heterocycles. The smallest absolute Gasteiger partial charge is 0.335 e. The normalized spacial score (nSPS) is 38.1. The topological polar surface area (TPSA) is 154 Å². The molecule has 6 atom stereocenters. The summed E-state index contributed by atoms with van der Waals surface area (Å²) in [5.41, 5.74) is 0. The first kappa shape index (κ1) is 14.8. The van der Waals surface area contributed by atoms with E-state index < -0.39 is 48.7 Å². The molecule has 9 heteroatoms. The molecule has 0 bridgehead atoms. The molecule has 4 unspecified atom stereocenters. The van der Waals surface area contributed by atoms with E-state index in [-0.39, 0.29) is 0 Å². The number of aliphatic carboxylic acids is 2. The summed E-state index contributed by atoms with van der Waals surface area (Å²) in [4.78, 5) is 21.3. The van der Waals surface area contributed by atoms with E-state index in [2.05, 4.69) is 0 Å². The number of carboxylic acid groups (broad SMARTS) is 2. The van der Waals surface area contributed by atoms with Crippen LogP contribution in [-0.2, 0) is 19.1 Å². The van der Waals surface area contributed by atoms with Gasteiger partial charge < -0.3 is 35.0 Å². The maximum absolute atomic E-state index is 10.7. The Morgan fingerprint density at radius 3 is 2.11 bits per heavy atom. The predicted molar refractivity (Wildman–Crippen MR) is 52.5 cm³/mol. The van der Waals surface area contributed by atoms with Gasteiger partial charge in [0, 0.05) is 0 Å². The monoisotopic (exact) mass is 266 g/mol. The van der Waals surface area contributed by atoms with Crippen molar-refractivity contribution < 1.29 is 44.6 Å². The van der Waals surface area contributed by atoms with Gasteiger partial charge in [-0.05, 0) is 6.92 Å². The fraction of sp³-hybridized carbons (Fsp3) is 0.778. The van der Waals surface area contributed by atoms with Gasteiger partial charge in [-0.15, -0.1) is 0 Å². The van der Waals surface area contributed by atoms with E-state index in [1.165, 1.54) is 0 Å². The summed E-state index contributed by atoms with van der Waals surface area (Å²) in [6.07, 6.45) is -10.2. The molecular weight excluding hydrogens is 252 g/mol. The Morgan fingerprint density at radius 1 is 1.11 bits per heavy atom. The predicted octanol–water partition coefficient (Wildman–Crippen LogP) is -2.63. The number of aliphatic hydroxyl groups is 3. The first-order valence-corrected chi connectivity index (χ1v) is 5.06. The van der Waals surface area contributed by atoms with Gasteiger partial charge in [0.15, 0.2) is 18.5 Å². The van der Waals surface area contributed by atoms with Crippen molar-refractivity contribution >= 4 is 11.9 Å². The van der Waals surface area contributed by atoms with Crippen LogP contribution in [0.4, 0.5) is 0 Å². The Kier molecular flexibility index (Phi) is 4.59. The highest BCUT2D eigenvalue weighted by atomic mass is 16.7. The van der Waals surface area contributed by atoms with Crippen molar-refractivity contribution in [3.63, 3.8) is 0 Å². The molecule has 0 aromatic heterocycles. The molecule has 0 amide bonds. The minimum absolute atomic E-state index is 1.14. The zero-order valence-corrected chi connectivity index (χ0v) is 9.33. The lowest BCUT2D eigenvalue weighted by atomic mass is 9.99. The van der Waals surface area contributed by atoms with Crippen molar-refractivity contribution in [2.75, 3.05) is 0 Å². The molecule has 0 aromatic carbocycles. The number of carbonyl (C=O) groups is 2. The quantitative estimate of drug-likeness (QED) is 0.367. The molecule has 1 rings (SSSR count). The van der Waals surface area contributed by atoms with E-state index >= 15 is 0 Å². The van der Waals surface area contributed by atoms with Crippen LogP contribution < -0.4 is 0 Å². The summed E-state index contributed by atoms with van der Waals surface area (Å²) >= 11 is 0. The highest BCUT2D eigenvalue weighted by Gasteiger charge is 2.48. The van der Waals surface area contributed by atoms with Crippen LogP contribution in [0.5, 0.6) is 0 Å². The van der Waals surface area contributed by atoms with Crippen LogP contribution in [0.1, 0.15) is 6.92 Å². The van der Waals surface area contributed by atoms with Crippen molar-refractivity contribution in [1.82, 2.24) is 0 Å². The van der Waals surface area contributed by atoms with Gasteiger partial charge >= 0.3 is 11.9 Å². The SMILES string of the molecule is CC(O[C@H]1OC(C(=O)O)[C@@H](O)C(O)C1O)C(=O)O. The first-order chi connectivity index (χ1) is 8.25. The zero-order chi connectivity index (χ0) is 14.0. The summed E-state index contributed by atoms with van der Waals surface area (Å²) in [6, 6.07) is 0. The van der Waals surface area contributed by atoms with Gasteiger partial charge in [0.05, 0.1) is 0 Å². The second-order valence-corrected chi connectivity index (χ2v) is 3.85. The third kappa shape index (κ3) is 2.94. The van der Waals surface area contributed by atoms with Gasteiger partial charge in [-0.2, -0.15) is 0 Å². The van der Waals surface area contributed by atoms with Crippen LogP contribution in [0.3, 0.4) is 0 Å². The third-order valence-electron chi connectivity index (χ3n) is 2.50. The zero-order valence-electron chi connectivity index (χ0n) is 9.33. The fourth-order valence-corrected chi connectivity index (χ4v) is 1.42. The highest BCUT2D eigenvalue weighted by Crippen LogP contribution is 2.23. The van der Waals surface area contributed by atoms with E-state index in [4.69, 9.17) is 19.7 Å². The Balaban J connectivity index is 2.79. The standard InChI is InChI=1S/C9H14O9/c1-2(7(13)14)17-9-5(12)3(10)4(11)6(18-9)8(15)16/h2-6,9-12H,1H3,(H,13,14)(H,15,16)/t2?,3?,4-,5?,6?,9-/m0/s1. The summed E-state index contributed by atoms with van der Waals surface area (Å²) in [6.45, 7) is 1.14. The van der Waals surface area contributed by atoms with Crippen LogP contribution in [-0.4, -0.2) is 74.3 Å². The molecule has 0 radical (unpaired) electrons. The average Bonchev–Trinajstić information content (AvgIpc) is 2.29. The van der Waals surface area contributed by atoms with Gasteiger partial charge in [0.25, 0.3) is 0 Å². The average molecular weight is 266 g/mol. The van der Waals surface area contributed by atoms with Crippen molar-refractivity contribution in [2.24, 2.45) is 0 Å². The Hall–Kier alpha value is -1.26.